The topological polar surface area (TPSA) is 89.1 Å². The molecule has 2 fully saturated rings. The zero-order valence-corrected chi connectivity index (χ0v) is 17.9. The second kappa shape index (κ2) is 7.59. The number of amides is 1. The van der Waals surface area contributed by atoms with E-state index < -0.39 is 0 Å². The van der Waals surface area contributed by atoms with Crippen molar-refractivity contribution in [2.45, 2.75) is 37.8 Å². The van der Waals surface area contributed by atoms with Gasteiger partial charge in [-0.3, -0.25) is 9.20 Å². The van der Waals surface area contributed by atoms with Gasteiger partial charge < -0.3 is 15.0 Å². The van der Waals surface area contributed by atoms with Gasteiger partial charge in [0.1, 0.15) is 11.3 Å². The van der Waals surface area contributed by atoms with Crippen molar-refractivity contribution in [1.29, 1.82) is 0 Å². The van der Waals surface area contributed by atoms with Crippen LogP contribution in [0.4, 0.5) is 5.95 Å². The number of ether oxygens (including phenoxy) is 1. The van der Waals surface area contributed by atoms with Crippen LogP contribution in [0.3, 0.4) is 0 Å². The van der Waals surface area contributed by atoms with Gasteiger partial charge in [-0.2, -0.15) is 0 Å². The number of carbonyl (C=O) groups excluding carboxylic acids is 1. The highest BCUT2D eigenvalue weighted by Gasteiger charge is 2.29. The van der Waals surface area contributed by atoms with E-state index in [-0.39, 0.29) is 5.91 Å². The molecule has 1 aliphatic carbocycles. The molecule has 1 N–H and O–H groups in total. The molecule has 32 heavy (non-hydrogen) atoms. The summed E-state index contributed by atoms with van der Waals surface area (Å²) in [6.07, 6.45) is 11.8. The van der Waals surface area contributed by atoms with Crippen molar-refractivity contribution in [2.75, 3.05) is 25.5 Å². The monoisotopic (exact) mass is 431 g/mol. The molecule has 1 aliphatic heterocycles. The minimum atomic E-state index is 0.0413. The number of nitrogens with one attached hydrogen (secondary N) is 1. The molecule has 5 heterocycles. The summed E-state index contributed by atoms with van der Waals surface area (Å²) in [5, 5.41) is 7.99. The standard InChI is InChI=1S/C23H25N7O2/c1-32-17-10-16(11-17)26-23-25-12-19-18(6-9-30(19)27-23)15-4-5-21-24-13-20(29(21)14-15)22(31)28-7-2-3-8-28/h4-6,9,12-14,16-17H,2-3,7-8,10-11H2,1H3,(H,26,27)/t16-,17-. The average molecular weight is 432 g/mol. The van der Waals surface area contributed by atoms with Gasteiger partial charge in [-0.25, -0.2) is 14.5 Å². The number of methoxy groups -OCH3 is 1. The molecule has 6 rings (SSSR count). The smallest absolute Gasteiger partial charge is 0.272 e. The van der Waals surface area contributed by atoms with Crippen molar-refractivity contribution < 1.29 is 9.53 Å². The van der Waals surface area contributed by atoms with Crippen molar-refractivity contribution >= 4 is 23.0 Å². The Morgan fingerprint density at radius 2 is 1.97 bits per heavy atom. The van der Waals surface area contributed by atoms with Gasteiger partial charge in [-0.15, -0.1) is 5.10 Å². The van der Waals surface area contributed by atoms with Gasteiger partial charge in [0.05, 0.1) is 24.0 Å². The number of carbonyl (C=O) groups is 1. The molecule has 0 bridgehead atoms. The first kappa shape index (κ1) is 19.2. The zero-order valence-electron chi connectivity index (χ0n) is 17.9. The van der Waals surface area contributed by atoms with E-state index in [1.54, 1.807) is 13.3 Å². The summed E-state index contributed by atoms with van der Waals surface area (Å²) in [7, 11) is 1.75. The fourth-order valence-electron chi connectivity index (χ4n) is 4.65. The van der Waals surface area contributed by atoms with Crippen LogP contribution in [0.5, 0.6) is 0 Å². The third kappa shape index (κ3) is 3.20. The Labute approximate surface area is 185 Å². The highest BCUT2D eigenvalue weighted by atomic mass is 16.5. The molecule has 164 valence electrons. The average Bonchev–Trinajstić information content (AvgIpc) is 3.54. The number of pyridine rings is 1. The van der Waals surface area contributed by atoms with Gasteiger partial charge >= 0.3 is 0 Å². The summed E-state index contributed by atoms with van der Waals surface area (Å²) in [5.74, 6) is 0.655. The summed E-state index contributed by atoms with van der Waals surface area (Å²) in [5.41, 5.74) is 4.27. The van der Waals surface area contributed by atoms with E-state index in [2.05, 4.69) is 20.4 Å². The lowest BCUT2D eigenvalue weighted by atomic mass is 9.89. The van der Waals surface area contributed by atoms with Gasteiger partial charge in [0, 0.05) is 49.8 Å². The van der Waals surface area contributed by atoms with Crippen LogP contribution in [0, 0.1) is 0 Å². The predicted molar refractivity (Wildman–Crippen MR) is 120 cm³/mol. The quantitative estimate of drug-likeness (QED) is 0.523. The van der Waals surface area contributed by atoms with Crippen molar-refractivity contribution in [3.8, 4) is 11.1 Å². The van der Waals surface area contributed by atoms with Crippen LogP contribution < -0.4 is 5.32 Å². The van der Waals surface area contributed by atoms with Gasteiger partial charge in [0.15, 0.2) is 0 Å². The van der Waals surface area contributed by atoms with E-state index in [9.17, 15) is 4.79 Å². The van der Waals surface area contributed by atoms with E-state index >= 15 is 0 Å². The van der Waals surface area contributed by atoms with E-state index in [4.69, 9.17) is 4.74 Å². The van der Waals surface area contributed by atoms with E-state index in [0.29, 0.717) is 23.8 Å². The predicted octanol–water partition coefficient (Wildman–Crippen LogP) is 2.87. The number of imidazole rings is 1. The Balaban J connectivity index is 1.30. The number of aromatic nitrogens is 5. The first-order chi connectivity index (χ1) is 15.7. The molecule has 4 aromatic heterocycles. The Morgan fingerprint density at radius 3 is 2.78 bits per heavy atom. The van der Waals surface area contributed by atoms with E-state index in [1.165, 1.54) is 0 Å². The zero-order chi connectivity index (χ0) is 21.7. The van der Waals surface area contributed by atoms with Crippen LogP contribution in [-0.4, -0.2) is 67.1 Å². The molecule has 0 aromatic carbocycles. The highest BCUT2D eigenvalue weighted by molar-refractivity contribution is 5.93. The molecule has 9 nitrogen and oxygen atoms in total. The normalized spacial score (nSPS) is 20.7. The van der Waals surface area contributed by atoms with Crippen molar-refractivity contribution in [3.05, 3.63) is 48.7 Å². The highest BCUT2D eigenvalue weighted by Crippen LogP contribution is 2.28. The maximum atomic E-state index is 13.0. The van der Waals surface area contributed by atoms with Crippen LogP contribution in [-0.2, 0) is 4.74 Å². The molecule has 1 saturated heterocycles. The SMILES string of the molecule is CO[C@H]1C[C@H](Nc2ncc3c(-c4ccc5ncc(C(=O)N6CCCC6)n5c4)ccn3n2)C1. The molecular weight excluding hydrogens is 406 g/mol. The summed E-state index contributed by atoms with van der Waals surface area (Å²) < 4.78 is 9.06. The Hall–Kier alpha value is -3.46. The van der Waals surface area contributed by atoms with E-state index in [1.807, 2.05) is 50.6 Å². The maximum Gasteiger partial charge on any atom is 0.272 e. The minimum absolute atomic E-state index is 0.0413. The minimum Gasteiger partial charge on any atom is -0.381 e. The number of hydrogen-bond donors (Lipinski definition) is 1. The lowest BCUT2D eigenvalue weighted by molar-refractivity contribution is 0.0326. The molecular formula is C23H25N7O2. The van der Waals surface area contributed by atoms with Crippen LogP contribution in [0.25, 0.3) is 22.3 Å². The third-order valence-electron chi connectivity index (χ3n) is 6.61. The first-order valence-electron chi connectivity index (χ1n) is 11.1. The fourth-order valence-corrected chi connectivity index (χ4v) is 4.65. The van der Waals surface area contributed by atoms with Crippen molar-refractivity contribution in [2.24, 2.45) is 0 Å². The molecule has 0 radical (unpaired) electrons. The van der Waals surface area contributed by atoms with Crippen LogP contribution >= 0.6 is 0 Å². The number of fused-ring (bicyclic) bond motifs is 2. The summed E-state index contributed by atoms with van der Waals surface area (Å²) in [6.45, 7) is 1.63. The van der Waals surface area contributed by atoms with Crippen molar-refractivity contribution in [3.63, 3.8) is 0 Å². The third-order valence-corrected chi connectivity index (χ3v) is 6.61. The Kier molecular flexibility index (Phi) is 4.57. The van der Waals surface area contributed by atoms with Crippen LogP contribution in [0.2, 0.25) is 0 Å². The molecule has 0 spiro atoms. The number of hydrogen-bond acceptors (Lipinski definition) is 6. The first-order valence-corrected chi connectivity index (χ1v) is 11.1. The second-order valence-electron chi connectivity index (χ2n) is 8.60. The number of anilines is 1. The molecule has 2 aliphatic rings. The maximum absolute atomic E-state index is 13.0. The fraction of sp³-hybridized carbons (Fsp3) is 0.391. The van der Waals surface area contributed by atoms with Crippen molar-refractivity contribution in [1.82, 2.24) is 28.9 Å². The van der Waals surface area contributed by atoms with Gasteiger partial charge in [0.25, 0.3) is 5.91 Å². The van der Waals surface area contributed by atoms with Gasteiger partial charge in [0.2, 0.25) is 5.95 Å². The lowest BCUT2D eigenvalue weighted by Gasteiger charge is -2.34. The largest absolute Gasteiger partial charge is 0.381 e. The van der Waals surface area contributed by atoms with Crippen LogP contribution in [0.15, 0.2) is 43.0 Å². The molecule has 9 heteroatoms. The molecule has 1 amide bonds. The summed E-state index contributed by atoms with van der Waals surface area (Å²) >= 11 is 0. The number of nitrogens with zero attached hydrogens (tertiary/aromatic N) is 6. The second-order valence-corrected chi connectivity index (χ2v) is 8.60. The van der Waals surface area contributed by atoms with E-state index in [0.717, 1.165) is 61.1 Å². The molecule has 0 atom stereocenters. The molecule has 1 saturated carbocycles. The number of rotatable bonds is 5. The number of likely N-dealkylation sites (tertiary alicyclic amines) is 1. The van der Waals surface area contributed by atoms with Gasteiger partial charge in [-0.05, 0) is 43.9 Å². The summed E-state index contributed by atoms with van der Waals surface area (Å²) in [6, 6.07) is 6.34. The lowest BCUT2D eigenvalue weighted by Crippen LogP contribution is -2.40. The molecule has 4 aromatic rings. The van der Waals surface area contributed by atoms with Gasteiger partial charge in [-0.1, -0.05) is 0 Å². The Bertz CT molecular complexity index is 1300. The van der Waals surface area contributed by atoms with Crippen LogP contribution in [0.1, 0.15) is 36.2 Å². The summed E-state index contributed by atoms with van der Waals surface area (Å²) in [4.78, 5) is 23.8. The Morgan fingerprint density at radius 1 is 1.12 bits per heavy atom. The molecule has 0 unspecified atom stereocenters.